The van der Waals surface area contributed by atoms with Gasteiger partial charge in [-0.3, -0.25) is 9.59 Å². The Morgan fingerprint density at radius 1 is 1.33 bits per heavy atom. The lowest BCUT2D eigenvalue weighted by molar-refractivity contribution is -0.208. The lowest BCUT2D eigenvalue weighted by Gasteiger charge is -2.63. The summed E-state index contributed by atoms with van der Waals surface area (Å²) in [7, 11) is 0. The topological polar surface area (TPSA) is 52.6 Å². The van der Waals surface area contributed by atoms with Gasteiger partial charge in [-0.2, -0.15) is 0 Å². The van der Waals surface area contributed by atoms with Crippen LogP contribution in [0.5, 0.6) is 5.75 Å². The summed E-state index contributed by atoms with van der Waals surface area (Å²) in [5, 5.41) is 0. The van der Waals surface area contributed by atoms with Crippen LogP contribution in [0.15, 0.2) is 24.3 Å². The van der Waals surface area contributed by atoms with E-state index in [1.807, 2.05) is 25.1 Å². The largest absolute Gasteiger partial charge is 0.465 e. The van der Waals surface area contributed by atoms with Crippen LogP contribution in [0.4, 0.5) is 0 Å². The summed E-state index contributed by atoms with van der Waals surface area (Å²) in [6.07, 6.45) is 0. The molecule has 4 heteroatoms. The van der Waals surface area contributed by atoms with E-state index < -0.39 is 17.4 Å². The summed E-state index contributed by atoms with van der Waals surface area (Å²) >= 11 is 0. The molecule has 0 aromatic heterocycles. The number of esters is 2. The summed E-state index contributed by atoms with van der Waals surface area (Å²) < 4.78 is 10.7. The van der Waals surface area contributed by atoms with Gasteiger partial charge >= 0.3 is 11.9 Å². The molecule has 0 radical (unpaired) electrons. The number of ether oxygens (including phenoxy) is 2. The number of para-hydroxylation sites is 1. The molecule has 0 amide bonds. The minimum atomic E-state index is -1.20. The summed E-state index contributed by atoms with van der Waals surface area (Å²) in [4.78, 5) is 25.2. The second-order valence-corrected chi connectivity index (χ2v) is 6.49. The Morgan fingerprint density at radius 2 is 2.00 bits per heavy atom. The zero-order valence-corrected chi connectivity index (χ0v) is 12.8. The van der Waals surface area contributed by atoms with E-state index in [4.69, 9.17) is 9.47 Å². The monoisotopic (exact) mass is 288 g/mol. The van der Waals surface area contributed by atoms with Crippen molar-refractivity contribution in [3.05, 3.63) is 29.8 Å². The Bertz CT molecular complexity index is 619. The third-order valence-corrected chi connectivity index (χ3v) is 5.38. The van der Waals surface area contributed by atoms with Crippen molar-refractivity contribution in [3.63, 3.8) is 0 Å². The highest BCUT2D eigenvalue weighted by Gasteiger charge is 2.76. The van der Waals surface area contributed by atoms with Crippen molar-refractivity contribution in [1.82, 2.24) is 0 Å². The van der Waals surface area contributed by atoms with E-state index in [1.54, 1.807) is 13.0 Å². The average Bonchev–Trinajstić information content (AvgIpc) is 2.45. The van der Waals surface area contributed by atoms with Gasteiger partial charge < -0.3 is 9.47 Å². The molecule has 4 nitrogen and oxygen atoms in total. The average molecular weight is 288 g/mol. The van der Waals surface area contributed by atoms with Gasteiger partial charge in [0.15, 0.2) is 5.41 Å². The molecule has 1 aliphatic heterocycles. The Morgan fingerprint density at radius 3 is 2.67 bits per heavy atom. The molecule has 1 saturated carbocycles. The molecule has 0 spiro atoms. The van der Waals surface area contributed by atoms with E-state index in [9.17, 15) is 9.59 Å². The fourth-order valence-corrected chi connectivity index (χ4v) is 4.14. The second kappa shape index (κ2) is 4.33. The van der Waals surface area contributed by atoms with E-state index in [-0.39, 0.29) is 23.9 Å². The number of fused-ring (bicyclic) bond motifs is 3. The van der Waals surface area contributed by atoms with Crippen molar-refractivity contribution < 1.29 is 19.1 Å². The quantitative estimate of drug-likeness (QED) is 0.477. The maximum atomic E-state index is 12.6. The van der Waals surface area contributed by atoms with E-state index in [0.717, 1.165) is 5.56 Å². The van der Waals surface area contributed by atoms with Crippen molar-refractivity contribution in [2.24, 2.45) is 16.7 Å². The Hall–Kier alpha value is -1.84. The van der Waals surface area contributed by atoms with Gasteiger partial charge in [-0.05, 0) is 24.3 Å². The number of rotatable bonds is 2. The van der Waals surface area contributed by atoms with Gasteiger partial charge in [-0.15, -0.1) is 0 Å². The van der Waals surface area contributed by atoms with Gasteiger partial charge in [0.1, 0.15) is 5.75 Å². The van der Waals surface area contributed by atoms with Gasteiger partial charge in [-0.1, -0.05) is 39.0 Å². The zero-order chi connectivity index (χ0) is 15.4. The predicted octanol–water partition coefficient (Wildman–Crippen LogP) is 2.91. The van der Waals surface area contributed by atoms with Crippen molar-refractivity contribution in [3.8, 4) is 5.75 Å². The highest BCUT2D eigenvalue weighted by Crippen LogP contribution is 2.71. The van der Waals surface area contributed by atoms with Crippen LogP contribution in [0.3, 0.4) is 0 Å². The van der Waals surface area contributed by atoms with Crippen LogP contribution in [0.25, 0.3) is 0 Å². The second-order valence-electron chi connectivity index (χ2n) is 6.49. The highest BCUT2D eigenvalue weighted by molar-refractivity contribution is 6.05. The Balaban J connectivity index is 2.19. The first-order chi connectivity index (χ1) is 9.88. The number of benzene rings is 1. The predicted molar refractivity (Wildman–Crippen MR) is 76.8 cm³/mol. The molecule has 1 fully saturated rings. The molecule has 3 rings (SSSR count). The molecule has 0 bridgehead atoms. The smallest absolute Gasteiger partial charge is 0.329 e. The fourth-order valence-electron chi connectivity index (χ4n) is 4.14. The molecular formula is C17H20O4. The molecule has 0 saturated heterocycles. The van der Waals surface area contributed by atoms with Gasteiger partial charge in [0.05, 0.1) is 6.61 Å². The molecular weight excluding hydrogens is 268 g/mol. The van der Waals surface area contributed by atoms with Gasteiger partial charge in [0.25, 0.3) is 0 Å². The van der Waals surface area contributed by atoms with Crippen LogP contribution >= 0.6 is 0 Å². The van der Waals surface area contributed by atoms with E-state index >= 15 is 0 Å². The SMILES string of the molecule is CCOC(=O)[C@]12C(=O)Oc3ccccc3[C@H]1C(C)(C)[C@H]2C. The molecule has 1 aromatic rings. The number of hydrogen-bond acceptors (Lipinski definition) is 4. The normalized spacial score (nSPS) is 32.3. The van der Waals surface area contributed by atoms with Gasteiger partial charge in [-0.25, -0.2) is 0 Å². The van der Waals surface area contributed by atoms with E-state index in [2.05, 4.69) is 13.8 Å². The zero-order valence-electron chi connectivity index (χ0n) is 12.8. The molecule has 1 aliphatic carbocycles. The standard InChI is InChI=1S/C17H20O4/c1-5-20-14(18)17-10(2)16(3,4)13(17)11-8-6-7-9-12(11)21-15(17)19/h6-10,13H,5H2,1-4H3/t10-,13+,17-/m1/s1. The van der Waals surface area contributed by atoms with Crippen LogP contribution in [0, 0.1) is 16.7 Å². The third kappa shape index (κ3) is 1.50. The van der Waals surface area contributed by atoms with Crippen molar-refractivity contribution in [2.75, 3.05) is 6.61 Å². The van der Waals surface area contributed by atoms with Crippen LogP contribution in [0.1, 0.15) is 39.2 Å². The maximum Gasteiger partial charge on any atom is 0.329 e. The first kappa shape index (κ1) is 14.1. The Kier molecular flexibility index (Phi) is 2.91. The Labute approximate surface area is 124 Å². The summed E-state index contributed by atoms with van der Waals surface area (Å²) in [5.74, 6) is -0.698. The fraction of sp³-hybridized carbons (Fsp3) is 0.529. The molecule has 0 N–H and O–H groups in total. The van der Waals surface area contributed by atoms with Gasteiger partial charge in [0.2, 0.25) is 0 Å². The summed E-state index contributed by atoms with van der Waals surface area (Å²) in [6.45, 7) is 8.13. The summed E-state index contributed by atoms with van der Waals surface area (Å²) in [6, 6.07) is 7.46. The van der Waals surface area contributed by atoms with Crippen LogP contribution < -0.4 is 4.74 Å². The molecule has 21 heavy (non-hydrogen) atoms. The number of carbonyl (C=O) groups is 2. The molecule has 0 unspecified atom stereocenters. The van der Waals surface area contributed by atoms with Crippen LogP contribution in [-0.2, 0) is 14.3 Å². The van der Waals surface area contributed by atoms with E-state index in [0.29, 0.717) is 5.75 Å². The van der Waals surface area contributed by atoms with Crippen molar-refractivity contribution in [2.45, 2.75) is 33.6 Å². The minimum Gasteiger partial charge on any atom is -0.465 e. The molecule has 1 heterocycles. The van der Waals surface area contributed by atoms with Crippen LogP contribution in [-0.4, -0.2) is 18.5 Å². The maximum absolute atomic E-state index is 12.6. The van der Waals surface area contributed by atoms with Crippen LogP contribution in [0.2, 0.25) is 0 Å². The van der Waals surface area contributed by atoms with Crippen molar-refractivity contribution in [1.29, 1.82) is 0 Å². The number of carbonyl (C=O) groups excluding carboxylic acids is 2. The minimum absolute atomic E-state index is 0.130. The number of hydrogen-bond donors (Lipinski definition) is 0. The van der Waals surface area contributed by atoms with E-state index in [1.165, 1.54) is 0 Å². The third-order valence-electron chi connectivity index (χ3n) is 5.38. The summed E-state index contributed by atoms with van der Waals surface area (Å²) in [5.41, 5.74) is -0.441. The molecule has 3 atom stereocenters. The molecule has 1 aromatic carbocycles. The van der Waals surface area contributed by atoms with Gasteiger partial charge in [0, 0.05) is 11.5 Å². The highest BCUT2D eigenvalue weighted by atomic mass is 16.6. The first-order valence-corrected chi connectivity index (χ1v) is 7.36. The lowest BCUT2D eigenvalue weighted by Crippen LogP contribution is -2.69. The lowest BCUT2D eigenvalue weighted by atomic mass is 9.38. The molecule has 112 valence electrons. The molecule has 2 aliphatic rings. The first-order valence-electron chi connectivity index (χ1n) is 7.36. The van der Waals surface area contributed by atoms with Crippen molar-refractivity contribution >= 4 is 11.9 Å².